The van der Waals surface area contributed by atoms with E-state index in [0.29, 0.717) is 18.4 Å². The topological polar surface area (TPSA) is 26.0 Å². The van der Waals surface area contributed by atoms with Crippen LogP contribution in [-0.4, -0.2) is 6.54 Å². The Hall–Kier alpha value is -0.640. The summed E-state index contributed by atoms with van der Waals surface area (Å²) < 4.78 is 1.16. The van der Waals surface area contributed by atoms with Crippen molar-refractivity contribution in [3.63, 3.8) is 0 Å². The monoisotopic (exact) mass is 323 g/mol. The van der Waals surface area contributed by atoms with Crippen molar-refractivity contribution in [2.24, 2.45) is 5.73 Å². The van der Waals surface area contributed by atoms with E-state index in [1.54, 1.807) is 11.3 Å². The molecule has 0 saturated carbocycles. The Morgan fingerprint density at radius 2 is 1.67 bits per heavy atom. The molecule has 2 aromatic rings. The van der Waals surface area contributed by atoms with Crippen molar-refractivity contribution in [1.82, 2.24) is 0 Å². The molecule has 96 valence electrons. The summed E-state index contributed by atoms with van der Waals surface area (Å²) in [6.45, 7) is 5.07. The molecule has 2 N–H and O–H groups in total. The number of rotatable bonds is 4. The maximum absolute atomic E-state index is 5.94. The van der Waals surface area contributed by atoms with E-state index in [-0.39, 0.29) is 0 Å². The van der Waals surface area contributed by atoms with Gasteiger partial charge in [-0.2, -0.15) is 0 Å². The predicted molar refractivity (Wildman–Crippen MR) is 83.4 cm³/mol. The minimum Gasteiger partial charge on any atom is -0.329 e. The molecule has 0 radical (unpaired) electrons. The van der Waals surface area contributed by atoms with Crippen molar-refractivity contribution in [3.8, 4) is 0 Å². The van der Waals surface area contributed by atoms with Gasteiger partial charge in [0.05, 0.1) is 3.79 Å². The molecule has 3 heteroatoms. The fraction of sp³-hybridized carbons (Fsp3) is 0.333. The second-order valence-electron chi connectivity index (χ2n) is 4.75. The van der Waals surface area contributed by atoms with Crippen LogP contribution in [0, 0.1) is 0 Å². The van der Waals surface area contributed by atoms with E-state index in [0.717, 1.165) is 3.79 Å². The van der Waals surface area contributed by atoms with Gasteiger partial charge in [0.2, 0.25) is 0 Å². The summed E-state index contributed by atoms with van der Waals surface area (Å²) in [5, 5.41) is 0. The number of hydrogen-bond acceptors (Lipinski definition) is 2. The van der Waals surface area contributed by atoms with Crippen LogP contribution in [-0.2, 0) is 0 Å². The van der Waals surface area contributed by atoms with E-state index in [1.807, 2.05) is 0 Å². The lowest BCUT2D eigenvalue weighted by atomic mass is 9.94. The lowest BCUT2D eigenvalue weighted by Gasteiger charge is -2.15. The van der Waals surface area contributed by atoms with Crippen molar-refractivity contribution in [2.75, 3.05) is 6.54 Å². The van der Waals surface area contributed by atoms with Crippen molar-refractivity contribution >= 4 is 27.3 Å². The zero-order valence-corrected chi connectivity index (χ0v) is 13.1. The maximum atomic E-state index is 5.94. The van der Waals surface area contributed by atoms with Gasteiger partial charge >= 0.3 is 0 Å². The molecule has 0 amide bonds. The fourth-order valence-corrected chi connectivity index (χ4v) is 3.61. The van der Waals surface area contributed by atoms with E-state index < -0.39 is 0 Å². The Morgan fingerprint density at radius 3 is 2.11 bits per heavy atom. The van der Waals surface area contributed by atoms with Crippen LogP contribution in [0.1, 0.15) is 41.7 Å². The second kappa shape index (κ2) is 6.00. The van der Waals surface area contributed by atoms with Crippen LogP contribution in [0.5, 0.6) is 0 Å². The highest BCUT2D eigenvalue weighted by molar-refractivity contribution is 9.11. The molecule has 1 unspecified atom stereocenters. The Bertz CT molecular complexity index is 501. The molecule has 0 aliphatic heterocycles. The lowest BCUT2D eigenvalue weighted by Crippen LogP contribution is -2.12. The van der Waals surface area contributed by atoms with Crippen LogP contribution in [0.25, 0.3) is 0 Å². The van der Waals surface area contributed by atoms with E-state index in [2.05, 4.69) is 66.2 Å². The number of thiophene rings is 1. The number of hydrogen-bond donors (Lipinski definition) is 1. The van der Waals surface area contributed by atoms with Crippen LogP contribution in [0.3, 0.4) is 0 Å². The van der Waals surface area contributed by atoms with Gasteiger partial charge in [0.1, 0.15) is 0 Å². The Balaban J connectivity index is 2.28. The minimum absolute atomic E-state index is 0.308. The molecular weight excluding hydrogens is 306 g/mol. The second-order valence-corrected chi connectivity index (χ2v) is 7.25. The van der Waals surface area contributed by atoms with Crippen molar-refractivity contribution in [2.45, 2.75) is 25.7 Å². The van der Waals surface area contributed by atoms with E-state index in [1.165, 1.54) is 16.0 Å². The number of nitrogens with two attached hydrogens (primary N) is 1. The van der Waals surface area contributed by atoms with Crippen molar-refractivity contribution in [1.29, 1.82) is 0 Å². The number of benzene rings is 1. The summed E-state index contributed by atoms with van der Waals surface area (Å²) in [6, 6.07) is 13.1. The summed E-state index contributed by atoms with van der Waals surface area (Å²) in [7, 11) is 0. The first-order valence-electron chi connectivity index (χ1n) is 6.17. The van der Waals surface area contributed by atoms with Gasteiger partial charge in [-0.3, -0.25) is 0 Å². The Labute approximate surface area is 121 Å². The summed E-state index contributed by atoms with van der Waals surface area (Å²) >= 11 is 5.27. The first-order valence-corrected chi connectivity index (χ1v) is 7.78. The normalized spacial score (nSPS) is 12.9. The molecule has 0 spiro atoms. The molecule has 18 heavy (non-hydrogen) atoms. The molecule has 0 fully saturated rings. The lowest BCUT2D eigenvalue weighted by molar-refractivity contribution is 0.827. The molecule has 0 aliphatic rings. The summed E-state index contributed by atoms with van der Waals surface area (Å²) in [5.74, 6) is 0.883. The zero-order chi connectivity index (χ0) is 13.1. The highest BCUT2D eigenvalue weighted by atomic mass is 79.9. The average Bonchev–Trinajstić information content (AvgIpc) is 2.77. The summed E-state index contributed by atoms with van der Waals surface area (Å²) in [6.07, 6.45) is 0. The summed E-state index contributed by atoms with van der Waals surface area (Å²) in [4.78, 5) is 1.32. The Morgan fingerprint density at radius 1 is 1.06 bits per heavy atom. The van der Waals surface area contributed by atoms with Gasteiger partial charge in [-0.15, -0.1) is 11.3 Å². The third-order valence-electron chi connectivity index (χ3n) is 3.18. The molecule has 0 saturated heterocycles. The molecule has 1 heterocycles. The predicted octanol–water partition coefficient (Wildman–Crippen LogP) is 4.72. The van der Waals surface area contributed by atoms with Gasteiger partial charge in [0.25, 0.3) is 0 Å². The largest absolute Gasteiger partial charge is 0.329 e. The van der Waals surface area contributed by atoms with Crippen LogP contribution in [0.15, 0.2) is 40.2 Å². The van der Waals surface area contributed by atoms with Gasteiger partial charge in [0.15, 0.2) is 0 Å². The standard InChI is InChI=1S/C15H18BrNS/c1-10(2)11-3-5-12(6-4-11)13(9-17)14-7-8-15(16)18-14/h3-8,10,13H,9,17H2,1-2H3. The van der Waals surface area contributed by atoms with E-state index >= 15 is 0 Å². The Kier molecular flexibility index (Phi) is 4.60. The minimum atomic E-state index is 0.308. The zero-order valence-electron chi connectivity index (χ0n) is 10.7. The molecule has 1 nitrogen and oxygen atoms in total. The third kappa shape index (κ3) is 3.02. The SMILES string of the molecule is CC(C)c1ccc(C(CN)c2ccc(Br)s2)cc1. The smallest absolute Gasteiger partial charge is 0.0701 e. The van der Waals surface area contributed by atoms with E-state index in [4.69, 9.17) is 5.73 Å². The van der Waals surface area contributed by atoms with E-state index in [9.17, 15) is 0 Å². The average molecular weight is 324 g/mol. The van der Waals surface area contributed by atoms with Crippen LogP contribution >= 0.6 is 27.3 Å². The first-order chi connectivity index (χ1) is 8.61. The van der Waals surface area contributed by atoms with Crippen LogP contribution in [0.4, 0.5) is 0 Å². The number of halogens is 1. The van der Waals surface area contributed by atoms with Crippen LogP contribution < -0.4 is 5.73 Å². The highest BCUT2D eigenvalue weighted by Crippen LogP contribution is 2.32. The molecule has 0 aliphatic carbocycles. The molecule has 1 aromatic carbocycles. The summed E-state index contributed by atoms with van der Waals surface area (Å²) in [5.41, 5.74) is 8.61. The molecule has 1 atom stereocenters. The van der Waals surface area contributed by atoms with Gasteiger partial charge in [-0.1, -0.05) is 38.1 Å². The molecular formula is C15H18BrNS. The van der Waals surface area contributed by atoms with Gasteiger partial charge in [-0.05, 0) is 45.1 Å². The quantitative estimate of drug-likeness (QED) is 0.865. The third-order valence-corrected chi connectivity index (χ3v) is 4.92. The maximum Gasteiger partial charge on any atom is 0.0701 e. The highest BCUT2D eigenvalue weighted by Gasteiger charge is 2.14. The molecule has 0 bridgehead atoms. The van der Waals surface area contributed by atoms with Gasteiger partial charge in [-0.25, -0.2) is 0 Å². The van der Waals surface area contributed by atoms with Crippen LogP contribution in [0.2, 0.25) is 0 Å². The fourth-order valence-electron chi connectivity index (χ4n) is 2.05. The van der Waals surface area contributed by atoms with Gasteiger partial charge < -0.3 is 5.73 Å². The molecule has 1 aromatic heterocycles. The first kappa shape index (κ1) is 13.8. The molecule has 2 rings (SSSR count). The van der Waals surface area contributed by atoms with Crippen molar-refractivity contribution in [3.05, 3.63) is 56.2 Å². The van der Waals surface area contributed by atoms with Crippen molar-refractivity contribution < 1.29 is 0 Å². The van der Waals surface area contributed by atoms with Gasteiger partial charge in [0, 0.05) is 17.3 Å².